The van der Waals surface area contributed by atoms with Crippen LogP contribution in [-0.4, -0.2) is 47.7 Å². The highest BCUT2D eigenvalue weighted by Gasteiger charge is 2.64. The summed E-state index contributed by atoms with van der Waals surface area (Å²) in [5.74, 6) is -3.74. The summed E-state index contributed by atoms with van der Waals surface area (Å²) in [6, 6.07) is 15.4. The molecule has 0 radical (unpaired) electrons. The molecule has 206 valence electrons. The first-order chi connectivity index (χ1) is 19.7. The number of nitrogens with zero attached hydrogens (tertiary/aromatic N) is 3. The van der Waals surface area contributed by atoms with E-state index in [2.05, 4.69) is 0 Å². The second kappa shape index (κ2) is 9.70. The molecule has 4 atom stereocenters. The molecular weight excluding hydrogens is 530 g/mol. The number of esters is 1. The Morgan fingerprint density at radius 3 is 2.32 bits per heavy atom. The number of nitro groups is 1. The van der Waals surface area contributed by atoms with Crippen LogP contribution in [0.5, 0.6) is 11.5 Å². The number of benzene rings is 3. The SMILES string of the molecule is COc1ccc([N+](=O)[O-])cc1N1C(=O)[C@H]2[C@H](C1=O)[C@@H](C(=O)c1ccc(OC(C)=O)cc1)N1c3ccccc3C=C[C@H]21. The molecule has 3 aromatic rings. The largest absolute Gasteiger partial charge is 0.495 e. The van der Waals surface area contributed by atoms with E-state index in [4.69, 9.17) is 9.47 Å². The highest BCUT2D eigenvalue weighted by Crippen LogP contribution is 2.51. The number of ether oxygens (including phenoxy) is 2. The highest BCUT2D eigenvalue weighted by molar-refractivity contribution is 6.26. The van der Waals surface area contributed by atoms with Crippen LogP contribution in [0, 0.1) is 22.0 Å². The molecule has 3 heterocycles. The van der Waals surface area contributed by atoms with Gasteiger partial charge in [-0.15, -0.1) is 0 Å². The van der Waals surface area contributed by atoms with Crippen molar-refractivity contribution in [1.82, 2.24) is 0 Å². The summed E-state index contributed by atoms with van der Waals surface area (Å²) in [6.07, 6.45) is 3.68. The van der Waals surface area contributed by atoms with E-state index < -0.39 is 52.4 Å². The Bertz CT molecular complexity index is 1660. The van der Waals surface area contributed by atoms with Crippen molar-refractivity contribution in [3.05, 3.63) is 94.0 Å². The number of rotatable bonds is 6. The number of non-ortho nitro benzene ring substituents is 1. The van der Waals surface area contributed by atoms with Crippen molar-refractivity contribution in [2.24, 2.45) is 11.8 Å². The highest BCUT2D eigenvalue weighted by atomic mass is 16.6. The number of anilines is 2. The summed E-state index contributed by atoms with van der Waals surface area (Å²) in [5.41, 5.74) is 1.46. The van der Waals surface area contributed by atoms with Gasteiger partial charge in [0.25, 0.3) is 5.69 Å². The van der Waals surface area contributed by atoms with Gasteiger partial charge in [0.1, 0.15) is 23.2 Å². The predicted molar refractivity (Wildman–Crippen MR) is 147 cm³/mol. The van der Waals surface area contributed by atoms with E-state index in [0.29, 0.717) is 5.69 Å². The zero-order chi connectivity index (χ0) is 29.0. The predicted octanol–water partition coefficient (Wildman–Crippen LogP) is 3.80. The van der Waals surface area contributed by atoms with Gasteiger partial charge in [0.05, 0.1) is 29.9 Å². The maximum Gasteiger partial charge on any atom is 0.308 e. The van der Waals surface area contributed by atoms with Gasteiger partial charge in [-0.3, -0.25) is 29.3 Å². The van der Waals surface area contributed by atoms with Crippen LogP contribution in [0.15, 0.2) is 72.8 Å². The van der Waals surface area contributed by atoms with E-state index >= 15 is 0 Å². The van der Waals surface area contributed by atoms with E-state index in [1.54, 1.807) is 0 Å². The van der Waals surface area contributed by atoms with Crippen LogP contribution >= 0.6 is 0 Å². The van der Waals surface area contributed by atoms with Gasteiger partial charge in [-0.25, -0.2) is 4.90 Å². The number of carbonyl (C=O) groups is 4. The minimum absolute atomic E-state index is 0.0465. The van der Waals surface area contributed by atoms with E-state index in [-0.39, 0.29) is 28.4 Å². The van der Waals surface area contributed by atoms with Crippen LogP contribution in [0.1, 0.15) is 22.8 Å². The molecule has 6 rings (SSSR count). The maximum absolute atomic E-state index is 14.2. The number of amides is 2. The molecule has 11 nitrogen and oxygen atoms in total. The first kappa shape index (κ1) is 25.9. The number of para-hydroxylation sites is 1. The molecular formula is C30H23N3O8. The number of Topliss-reactive ketones (excluding diaryl/α,β-unsaturated/α-hetero) is 1. The number of methoxy groups -OCH3 is 1. The first-order valence-corrected chi connectivity index (χ1v) is 12.8. The number of fused-ring (bicyclic) bond motifs is 5. The average Bonchev–Trinajstić information content (AvgIpc) is 3.44. The van der Waals surface area contributed by atoms with Crippen LogP contribution in [0.3, 0.4) is 0 Å². The molecule has 0 bridgehead atoms. The monoisotopic (exact) mass is 553 g/mol. The van der Waals surface area contributed by atoms with Crippen molar-refractivity contribution in [2.45, 2.75) is 19.0 Å². The lowest BCUT2D eigenvalue weighted by Crippen LogP contribution is -2.48. The minimum atomic E-state index is -1.08. The zero-order valence-electron chi connectivity index (χ0n) is 21.9. The van der Waals surface area contributed by atoms with Gasteiger partial charge in [0, 0.05) is 30.3 Å². The van der Waals surface area contributed by atoms with Crippen LogP contribution in [0.25, 0.3) is 6.08 Å². The molecule has 3 aliphatic heterocycles. The van der Waals surface area contributed by atoms with Crippen LogP contribution in [0.4, 0.5) is 17.1 Å². The van der Waals surface area contributed by atoms with Gasteiger partial charge >= 0.3 is 5.97 Å². The molecule has 11 heteroatoms. The van der Waals surface area contributed by atoms with Crippen LogP contribution < -0.4 is 19.3 Å². The molecule has 0 unspecified atom stereocenters. The third-order valence-corrected chi connectivity index (χ3v) is 7.70. The van der Waals surface area contributed by atoms with E-state index in [1.165, 1.54) is 50.4 Å². The summed E-state index contributed by atoms with van der Waals surface area (Å²) in [7, 11) is 1.34. The molecule has 2 amide bonds. The standard InChI is InChI=1S/C30H23N3O8/c1-16(34)41-20-11-7-18(8-12-20)28(35)27-26-25(22-13-9-17-5-3-4-6-21(17)31(22)27)29(36)32(30(26)37)23-15-19(33(38)39)10-14-24(23)40-2/h3-15,22,25-27H,1-2H3/t22-,25-,26+,27+/m1/s1. The van der Waals surface area contributed by atoms with Gasteiger partial charge in [-0.05, 0) is 42.0 Å². The molecule has 2 saturated heterocycles. The number of hydrogen-bond acceptors (Lipinski definition) is 9. The van der Waals surface area contributed by atoms with E-state index in [9.17, 15) is 29.3 Å². The Hall–Kier alpha value is -5.32. The normalized spacial score (nSPS) is 22.2. The summed E-state index contributed by atoms with van der Waals surface area (Å²) in [4.78, 5) is 67.3. The lowest BCUT2D eigenvalue weighted by Gasteiger charge is -2.36. The van der Waals surface area contributed by atoms with Gasteiger partial charge in [0.15, 0.2) is 5.78 Å². The first-order valence-electron chi connectivity index (χ1n) is 12.8. The van der Waals surface area contributed by atoms with Crippen molar-refractivity contribution in [3.63, 3.8) is 0 Å². The van der Waals surface area contributed by atoms with E-state index in [1.807, 2.05) is 41.3 Å². The second-order valence-electron chi connectivity index (χ2n) is 9.92. The zero-order valence-corrected chi connectivity index (χ0v) is 21.9. The smallest absolute Gasteiger partial charge is 0.308 e. The van der Waals surface area contributed by atoms with Gasteiger partial charge < -0.3 is 14.4 Å². The summed E-state index contributed by atoms with van der Waals surface area (Å²) < 4.78 is 10.4. The van der Waals surface area contributed by atoms with Gasteiger partial charge in [0.2, 0.25) is 11.8 Å². The van der Waals surface area contributed by atoms with E-state index in [0.717, 1.165) is 16.5 Å². The summed E-state index contributed by atoms with van der Waals surface area (Å²) in [6.45, 7) is 1.27. The summed E-state index contributed by atoms with van der Waals surface area (Å²) in [5, 5.41) is 11.5. The second-order valence-corrected chi connectivity index (χ2v) is 9.92. The Balaban J connectivity index is 1.46. The molecule has 0 aromatic heterocycles. The third-order valence-electron chi connectivity index (χ3n) is 7.70. The molecule has 0 aliphatic carbocycles. The number of ketones is 1. The molecule has 0 saturated carbocycles. The van der Waals surface area contributed by atoms with Crippen molar-refractivity contribution >= 4 is 46.7 Å². The summed E-state index contributed by atoms with van der Waals surface area (Å²) >= 11 is 0. The fourth-order valence-corrected chi connectivity index (χ4v) is 6.04. The molecule has 3 aromatic carbocycles. The van der Waals surface area contributed by atoms with Gasteiger partial charge in [-0.1, -0.05) is 30.4 Å². The topological polar surface area (TPSA) is 136 Å². The average molecular weight is 554 g/mol. The van der Waals surface area contributed by atoms with Crippen LogP contribution in [0.2, 0.25) is 0 Å². The Morgan fingerprint density at radius 2 is 1.63 bits per heavy atom. The minimum Gasteiger partial charge on any atom is -0.495 e. The lowest BCUT2D eigenvalue weighted by atomic mass is 9.86. The van der Waals surface area contributed by atoms with Crippen LogP contribution in [-0.2, 0) is 14.4 Å². The molecule has 41 heavy (non-hydrogen) atoms. The number of nitro benzene ring substituents is 1. The number of carbonyl (C=O) groups excluding carboxylic acids is 4. The molecule has 3 aliphatic rings. The number of hydrogen-bond donors (Lipinski definition) is 0. The molecule has 2 fully saturated rings. The Kier molecular flexibility index (Phi) is 6.14. The van der Waals surface area contributed by atoms with Crippen molar-refractivity contribution < 1.29 is 33.6 Å². The molecule has 0 N–H and O–H groups in total. The van der Waals surface area contributed by atoms with Gasteiger partial charge in [-0.2, -0.15) is 0 Å². The quantitative estimate of drug-likeness (QED) is 0.111. The lowest BCUT2D eigenvalue weighted by molar-refractivity contribution is -0.384. The molecule has 0 spiro atoms. The number of imide groups is 1. The Labute approximate surface area is 233 Å². The van der Waals surface area contributed by atoms with Crippen molar-refractivity contribution in [1.29, 1.82) is 0 Å². The Morgan fingerprint density at radius 1 is 0.927 bits per heavy atom. The maximum atomic E-state index is 14.2. The fraction of sp³-hybridized carbons (Fsp3) is 0.200. The fourth-order valence-electron chi connectivity index (χ4n) is 6.04. The van der Waals surface area contributed by atoms with Crippen molar-refractivity contribution in [2.75, 3.05) is 16.9 Å². The van der Waals surface area contributed by atoms with Crippen molar-refractivity contribution in [3.8, 4) is 11.5 Å². The third kappa shape index (κ3) is 4.05.